The van der Waals surface area contributed by atoms with Crippen LogP contribution in [0.4, 0.5) is 0 Å². The molecular weight excluding hydrogens is 412 g/mol. The molecule has 0 saturated carbocycles. The Kier molecular flexibility index (Phi) is 11.8. The molecule has 0 heterocycles. The zero-order valence-corrected chi connectivity index (χ0v) is 17.8. The predicted octanol–water partition coefficient (Wildman–Crippen LogP) is -2.94. The lowest BCUT2D eigenvalue weighted by Crippen LogP contribution is -2.58. The van der Waals surface area contributed by atoms with Gasteiger partial charge in [-0.25, -0.2) is 0 Å². The molecule has 0 bridgehead atoms. The summed E-state index contributed by atoms with van der Waals surface area (Å²) in [5, 5.41) is 15.7. The highest BCUT2D eigenvalue weighted by atomic mass is 16.4. The Morgan fingerprint density at radius 3 is 1.81 bits per heavy atom. The van der Waals surface area contributed by atoms with E-state index in [0.29, 0.717) is 6.42 Å². The molecule has 13 heteroatoms. The molecule has 0 aliphatic heterocycles. The Morgan fingerprint density at radius 1 is 0.839 bits per heavy atom. The normalized spacial score (nSPS) is 15.5. The van der Waals surface area contributed by atoms with Crippen molar-refractivity contribution in [3.05, 3.63) is 0 Å². The molecule has 5 atom stereocenters. The van der Waals surface area contributed by atoms with Gasteiger partial charge in [-0.05, 0) is 19.3 Å². The second-order valence-electron chi connectivity index (χ2n) is 7.28. The first-order valence-electron chi connectivity index (χ1n) is 9.76. The van der Waals surface area contributed by atoms with Crippen LogP contribution in [-0.2, 0) is 28.8 Å². The van der Waals surface area contributed by atoms with Crippen molar-refractivity contribution in [2.45, 2.75) is 70.6 Å². The maximum Gasteiger partial charge on any atom is 0.325 e. The first kappa shape index (κ1) is 27.8. The van der Waals surface area contributed by atoms with Gasteiger partial charge in [0.1, 0.15) is 18.1 Å². The van der Waals surface area contributed by atoms with E-state index in [2.05, 4.69) is 16.0 Å². The molecular formula is C18H32N6O7. The van der Waals surface area contributed by atoms with E-state index >= 15 is 0 Å². The summed E-state index contributed by atoms with van der Waals surface area (Å²) in [6.07, 6.45) is -0.446. The minimum Gasteiger partial charge on any atom is -0.480 e. The minimum atomic E-state index is -1.50. The maximum atomic E-state index is 12.7. The standard InChI is InChI=1S/C18H32N6O7/c1-4-8(2)14(21)17(29)23-10(5-6-12(19)25)15(27)24-11(7-13(20)26)16(28)22-9(3)18(30)31/h8-11,14H,4-7,21H2,1-3H3,(H2,19,25)(H2,20,26)(H,22,28)(H,23,29)(H,24,27)(H,30,31). The van der Waals surface area contributed by atoms with Gasteiger partial charge in [0.05, 0.1) is 12.5 Å². The minimum absolute atomic E-state index is 0.184. The van der Waals surface area contributed by atoms with Gasteiger partial charge in [-0.1, -0.05) is 20.3 Å². The van der Waals surface area contributed by atoms with E-state index < -0.39 is 66.1 Å². The number of primary amides is 2. The van der Waals surface area contributed by atoms with E-state index in [9.17, 15) is 28.8 Å². The Labute approximate surface area is 179 Å². The number of hydrogen-bond acceptors (Lipinski definition) is 7. The SMILES string of the molecule is CCC(C)C(N)C(=O)NC(CCC(N)=O)C(=O)NC(CC(N)=O)C(=O)NC(C)C(=O)O. The summed E-state index contributed by atoms with van der Waals surface area (Å²) < 4.78 is 0. The number of nitrogens with two attached hydrogens (primary N) is 3. The molecule has 0 rings (SSSR count). The van der Waals surface area contributed by atoms with Crippen molar-refractivity contribution in [3.8, 4) is 0 Å². The van der Waals surface area contributed by atoms with E-state index in [-0.39, 0.29) is 18.8 Å². The third-order valence-electron chi connectivity index (χ3n) is 4.64. The third kappa shape index (κ3) is 10.4. The van der Waals surface area contributed by atoms with E-state index in [1.54, 1.807) is 6.92 Å². The molecule has 0 radical (unpaired) electrons. The number of carboxylic acid groups (broad SMARTS) is 1. The van der Waals surface area contributed by atoms with Crippen molar-refractivity contribution in [2.75, 3.05) is 0 Å². The average molecular weight is 444 g/mol. The lowest BCUT2D eigenvalue weighted by atomic mass is 9.98. The van der Waals surface area contributed by atoms with Crippen LogP contribution >= 0.6 is 0 Å². The van der Waals surface area contributed by atoms with E-state index in [1.807, 2.05) is 6.92 Å². The molecule has 0 fully saturated rings. The van der Waals surface area contributed by atoms with Crippen LogP contribution in [0.15, 0.2) is 0 Å². The van der Waals surface area contributed by atoms with Crippen LogP contribution in [-0.4, -0.2) is 64.8 Å². The molecule has 0 aliphatic carbocycles. The second-order valence-corrected chi connectivity index (χ2v) is 7.28. The lowest BCUT2D eigenvalue weighted by Gasteiger charge is -2.25. The fourth-order valence-electron chi connectivity index (χ4n) is 2.39. The molecule has 5 amide bonds. The first-order valence-corrected chi connectivity index (χ1v) is 9.76. The maximum absolute atomic E-state index is 12.7. The summed E-state index contributed by atoms with van der Waals surface area (Å²) in [7, 11) is 0. The van der Waals surface area contributed by atoms with Crippen molar-refractivity contribution in [1.82, 2.24) is 16.0 Å². The molecule has 0 aromatic heterocycles. The molecule has 13 nitrogen and oxygen atoms in total. The summed E-state index contributed by atoms with van der Waals surface area (Å²) in [5.41, 5.74) is 16.1. The monoisotopic (exact) mass is 444 g/mol. The van der Waals surface area contributed by atoms with Crippen LogP contribution in [0.5, 0.6) is 0 Å². The van der Waals surface area contributed by atoms with Gasteiger partial charge in [-0.3, -0.25) is 28.8 Å². The van der Waals surface area contributed by atoms with E-state index in [4.69, 9.17) is 22.3 Å². The highest BCUT2D eigenvalue weighted by molar-refractivity contribution is 5.96. The van der Waals surface area contributed by atoms with E-state index in [0.717, 1.165) is 0 Å². The zero-order chi connectivity index (χ0) is 24.3. The predicted molar refractivity (Wildman–Crippen MR) is 109 cm³/mol. The first-order chi connectivity index (χ1) is 14.3. The van der Waals surface area contributed by atoms with E-state index in [1.165, 1.54) is 6.92 Å². The number of hydrogen-bond donors (Lipinski definition) is 7. The Hall–Kier alpha value is -3.22. The van der Waals surface area contributed by atoms with Crippen molar-refractivity contribution >= 4 is 35.5 Å². The molecule has 0 aliphatic rings. The Balaban J connectivity index is 5.47. The summed E-state index contributed by atoms with van der Waals surface area (Å²) in [5.74, 6) is -5.67. The van der Waals surface area contributed by atoms with Gasteiger partial charge in [0.25, 0.3) is 0 Å². The van der Waals surface area contributed by atoms with Crippen LogP contribution in [0.1, 0.15) is 46.5 Å². The molecule has 176 valence electrons. The van der Waals surface area contributed by atoms with Gasteiger partial charge in [0.2, 0.25) is 29.5 Å². The van der Waals surface area contributed by atoms with Crippen LogP contribution in [0, 0.1) is 5.92 Å². The largest absolute Gasteiger partial charge is 0.480 e. The number of aliphatic carboxylic acids is 1. The van der Waals surface area contributed by atoms with Gasteiger partial charge in [0.15, 0.2) is 0 Å². The highest BCUT2D eigenvalue weighted by Crippen LogP contribution is 2.07. The van der Waals surface area contributed by atoms with Gasteiger partial charge in [0, 0.05) is 6.42 Å². The fraction of sp³-hybridized carbons (Fsp3) is 0.667. The molecule has 31 heavy (non-hydrogen) atoms. The van der Waals surface area contributed by atoms with Crippen molar-refractivity contribution in [3.63, 3.8) is 0 Å². The summed E-state index contributed by atoms with van der Waals surface area (Å²) >= 11 is 0. The fourth-order valence-corrected chi connectivity index (χ4v) is 2.39. The number of rotatable bonds is 14. The molecule has 10 N–H and O–H groups in total. The number of nitrogens with one attached hydrogen (secondary N) is 3. The number of carboxylic acids is 1. The van der Waals surface area contributed by atoms with Crippen LogP contribution in [0.2, 0.25) is 0 Å². The Bertz CT molecular complexity index is 699. The van der Waals surface area contributed by atoms with Crippen LogP contribution in [0.3, 0.4) is 0 Å². The highest BCUT2D eigenvalue weighted by Gasteiger charge is 2.31. The quantitative estimate of drug-likeness (QED) is 0.146. The van der Waals surface area contributed by atoms with Crippen LogP contribution in [0.25, 0.3) is 0 Å². The van der Waals surface area contributed by atoms with Gasteiger partial charge >= 0.3 is 5.97 Å². The molecule has 5 unspecified atom stereocenters. The summed E-state index contributed by atoms with van der Waals surface area (Å²) in [6.45, 7) is 4.77. The van der Waals surface area contributed by atoms with Crippen molar-refractivity contribution < 1.29 is 33.9 Å². The number of amides is 5. The van der Waals surface area contributed by atoms with Gasteiger partial charge < -0.3 is 38.3 Å². The van der Waals surface area contributed by atoms with Crippen molar-refractivity contribution in [1.29, 1.82) is 0 Å². The smallest absolute Gasteiger partial charge is 0.325 e. The molecule has 0 saturated heterocycles. The topological polar surface area (TPSA) is 237 Å². The molecule has 0 spiro atoms. The van der Waals surface area contributed by atoms with Crippen LogP contribution < -0.4 is 33.2 Å². The third-order valence-corrected chi connectivity index (χ3v) is 4.64. The Morgan fingerprint density at radius 2 is 1.35 bits per heavy atom. The molecule has 0 aromatic carbocycles. The number of carbonyl (C=O) groups is 6. The van der Waals surface area contributed by atoms with Crippen molar-refractivity contribution in [2.24, 2.45) is 23.1 Å². The van der Waals surface area contributed by atoms with Gasteiger partial charge in [-0.15, -0.1) is 0 Å². The lowest BCUT2D eigenvalue weighted by molar-refractivity contribution is -0.142. The summed E-state index contributed by atoms with van der Waals surface area (Å²) in [4.78, 5) is 70.7. The zero-order valence-electron chi connectivity index (χ0n) is 17.8. The summed E-state index contributed by atoms with van der Waals surface area (Å²) in [6, 6.07) is -4.99. The number of carbonyl (C=O) groups excluding carboxylic acids is 5. The second kappa shape index (κ2) is 13.2. The van der Waals surface area contributed by atoms with Gasteiger partial charge in [-0.2, -0.15) is 0 Å². The average Bonchev–Trinajstić information content (AvgIpc) is 2.68. The molecule has 0 aromatic rings.